The minimum absolute atomic E-state index is 0.0393. The van der Waals surface area contributed by atoms with Gasteiger partial charge in [-0.1, -0.05) is 26.1 Å². The number of hydrogen-bond donors (Lipinski definition) is 3. The summed E-state index contributed by atoms with van der Waals surface area (Å²) in [5.74, 6) is -1.10. The summed E-state index contributed by atoms with van der Waals surface area (Å²) in [4.78, 5) is 22.6. The average Bonchev–Trinajstić information content (AvgIpc) is 2.13. The summed E-state index contributed by atoms with van der Waals surface area (Å²) in [5, 5.41) is 4.88. The lowest BCUT2D eigenvalue weighted by atomic mass is 10.1. The molecule has 0 bridgehead atoms. The molecule has 4 N–H and O–H groups in total. The van der Waals surface area contributed by atoms with E-state index in [-0.39, 0.29) is 23.5 Å². The van der Waals surface area contributed by atoms with E-state index >= 15 is 0 Å². The summed E-state index contributed by atoms with van der Waals surface area (Å²) >= 11 is 4.56. The standard InChI is InChI=1S/C9H17N3O2S/c1-5(2)6(3)12-9(14)8(13)11-4-7(10)15/h5-6H,4H2,1-3H3,(H2,10,15)(H,11,13)(H,12,14). The second-order valence-corrected chi connectivity index (χ2v) is 4.18. The molecule has 0 aliphatic heterocycles. The molecular weight excluding hydrogens is 214 g/mol. The van der Waals surface area contributed by atoms with E-state index in [1.54, 1.807) is 0 Å². The van der Waals surface area contributed by atoms with Crippen LogP contribution in [0, 0.1) is 5.92 Å². The summed E-state index contributed by atoms with van der Waals surface area (Å²) in [6.07, 6.45) is 0. The molecule has 0 aliphatic carbocycles. The molecule has 6 heteroatoms. The van der Waals surface area contributed by atoms with Crippen molar-refractivity contribution in [1.82, 2.24) is 10.6 Å². The molecule has 1 unspecified atom stereocenters. The van der Waals surface area contributed by atoms with Crippen LogP contribution in [-0.2, 0) is 9.59 Å². The maximum Gasteiger partial charge on any atom is 0.309 e. The highest BCUT2D eigenvalue weighted by molar-refractivity contribution is 7.80. The summed E-state index contributed by atoms with van der Waals surface area (Å²) in [6.45, 7) is 5.79. The minimum atomic E-state index is -0.713. The Morgan fingerprint density at radius 2 is 1.80 bits per heavy atom. The molecule has 0 fully saturated rings. The van der Waals surface area contributed by atoms with Crippen molar-refractivity contribution in [2.75, 3.05) is 6.54 Å². The van der Waals surface area contributed by atoms with Crippen molar-refractivity contribution in [2.45, 2.75) is 26.8 Å². The van der Waals surface area contributed by atoms with Crippen LogP contribution in [0.3, 0.4) is 0 Å². The highest BCUT2D eigenvalue weighted by Gasteiger charge is 2.17. The van der Waals surface area contributed by atoms with Gasteiger partial charge >= 0.3 is 11.8 Å². The molecule has 0 aromatic carbocycles. The van der Waals surface area contributed by atoms with Crippen molar-refractivity contribution in [3.8, 4) is 0 Å². The highest BCUT2D eigenvalue weighted by atomic mass is 32.1. The maximum absolute atomic E-state index is 11.3. The van der Waals surface area contributed by atoms with Crippen molar-refractivity contribution in [3.05, 3.63) is 0 Å². The van der Waals surface area contributed by atoms with Gasteiger partial charge < -0.3 is 16.4 Å². The zero-order valence-electron chi connectivity index (χ0n) is 9.16. The van der Waals surface area contributed by atoms with Crippen molar-refractivity contribution in [3.63, 3.8) is 0 Å². The quantitative estimate of drug-likeness (QED) is 0.452. The van der Waals surface area contributed by atoms with Gasteiger partial charge in [-0.25, -0.2) is 0 Å². The summed E-state index contributed by atoms with van der Waals surface area (Å²) in [6, 6.07) is -0.0481. The van der Waals surface area contributed by atoms with Crippen LogP contribution in [0.2, 0.25) is 0 Å². The Kier molecular flexibility index (Phi) is 5.84. The number of nitrogens with two attached hydrogens (primary N) is 1. The molecule has 0 radical (unpaired) electrons. The molecule has 86 valence electrons. The van der Waals surface area contributed by atoms with Crippen molar-refractivity contribution in [2.24, 2.45) is 11.7 Å². The van der Waals surface area contributed by atoms with Crippen molar-refractivity contribution >= 4 is 29.0 Å². The largest absolute Gasteiger partial charge is 0.392 e. The lowest BCUT2D eigenvalue weighted by Crippen LogP contribution is -2.46. The zero-order valence-corrected chi connectivity index (χ0v) is 9.98. The van der Waals surface area contributed by atoms with Gasteiger partial charge in [-0.15, -0.1) is 0 Å². The second kappa shape index (κ2) is 6.34. The summed E-state index contributed by atoms with van der Waals surface area (Å²) in [7, 11) is 0. The Balaban J connectivity index is 4.00. The number of amides is 2. The fourth-order valence-corrected chi connectivity index (χ4v) is 0.759. The number of hydrogen-bond acceptors (Lipinski definition) is 3. The minimum Gasteiger partial charge on any atom is -0.392 e. The summed E-state index contributed by atoms with van der Waals surface area (Å²) in [5.41, 5.74) is 5.18. The van der Waals surface area contributed by atoms with Gasteiger partial charge in [0, 0.05) is 6.04 Å². The predicted molar refractivity (Wildman–Crippen MR) is 62.2 cm³/mol. The fraction of sp³-hybridized carbons (Fsp3) is 0.667. The van der Waals surface area contributed by atoms with Gasteiger partial charge in [0.15, 0.2) is 0 Å². The Morgan fingerprint density at radius 3 is 2.20 bits per heavy atom. The molecular formula is C9H17N3O2S. The molecule has 15 heavy (non-hydrogen) atoms. The van der Waals surface area contributed by atoms with E-state index in [1.807, 2.05) is 20.8 Å². The third-order valence-electron chi connectivity index (χ3n) is 1.99. The first-order valence-corrected chi connectivity index (χ1v) is 5.12. The van der Waals surface area contributed by atoms with Gasteiger partial charge in [0.1, 0.15) is 0 Å². The monoisotopic (exact) mass is 231 g/mol. The van der Waals surface area contributed by atoms with Crippen LogP contribution < -0.4 is 16.4 Å². The molecule has 0 aromatic heterocycles. The molecule has 0 spiro atoms. The Bertz CT molecular complexity index is 266. The smallest absolute Gasteiger partial charge is 0.309 e. The summed E-state index contributed by atoms with van der Waals surface area (Å²) < 4.78 is 0. The number of rotatable bonds is 4. The van der Waals surface area contributed by atoms with Crippen molar-refractivity contribution in [1.29, 1.82) is 0 Å². The second-order valence-electron chi connectivity index (χ2n) is 3.66. The van der Waals surface area contributed by atoms with Gasteiger partial charge in [-0.3, -0.25) is 9.59 Å². The van der Waals surface area contributed by atoms with E-state index in [1.165, 1.54) is 0 Å². The Morgan fingerprint density at radius 1 is 1.27 bits per heavy atom. The van der Waals surface area contributed by atoms with Gasteiger partial charge in [0.05, 0.1) is 11.5 Å². The van der Waals surface area contributed by atoms with Crippen LogP contribution >= 0.6 is 12.2 Å². The lowest BCUT2D eigenvalue weighted by molar-refractivity contribution is -0.139. The molecule has 0 saturated heterocycles. The van der Waals surface area contributed by atoms with Gasteiger partial charge in [0.2, 0.25) is 0 Å². The first-order chi connectivity index (χ1) is 6.84. The van der Waals surface area contributed by atoms with E-state index in [0.29, 0.717) is 0 Å². The van der Waals surface area contributed by atoms with Crippen LogP contribution in [0.15, 0.2) is 0 Å². The molecule has 0 rings (SSSR count). The molecule has 2 amide bonds. The topological polar surface area (TPSA) is 84.2 Å². The first-order valence-electron chi connectivity index (χ1n) is 4.71. The van der Waals surface area contributed by atoms with E-state index < -0.39 is 11.8 Å². The van der Waals surface area contributed by atoms with Crippen LogP contribution in [0.1, 0.15) is 20.8 Å². The molecule has 0 aliphatic rings. The van der Waals surface area contributed by atoms with E-state index in [4.69, 9.17) is 5.73 Å². The fourth-order valence-electron chi connectivity index (χ4n) is 0.687. The first kappa shape index (κ1) is 13.8. The lowest BCUT2D eigenvalue weighted by Gasteiger charge is -2.16. The van der Waals surface area contributed by atoms with E-state index in [0.717, 1.165) is 0 Å². The third kappa shape index (κ3) is 6.01. The normalized spacial score (nSPS) is 12.0. The average molecular weight is 231 g/mol. The number of thiocarbonyl (C=S) groups is 1. The SMILES string of the molecule is CC(C)C(C)NC(=O)C(=O)NCC(N)=S. The van der Waals surface area contributed by atoms with Crippen molar-refractivity contribution < 1.29 is 9.59 Å². The maximum atomic E-state index is 11.3. The molecule has 0 heterocycles. The number of carbonyl (C=O) groups excluding carboxylic acids is 2. The molecule has 0 aromatic rings. The Labute approximate surface area is 94.8 Å². The van der Waals surface area contributed by atoms with Gasteiger partial charge in [0.25, 0.3) is 0 Å². The Hall–Kier alpha value is -1.17. The van der Waals surface area contributed by atoms with Crippen LogP contribution in [0.5, 0.6) is 0 Å². The number of carbonyl (C=O) groups is 2. The number of nitrogens with one attached hydrogen (secondary N) is 2. The van der Waals surface area contributed by atoms with Crippen LogP contribution in [0.4, 0.5) is 0 Å². The van der Waals surface area contributed by atoms with Gasteiger partial charge in [-0.05, 0) is 12.8 Å². The molecule has 5 nitrogen and oxygen atoms in total. The zero-order chi connectivity index (χ0) is 12.0. The molecule has 0 saturated carbocycles. The van der Waals surface area contributed by atoms with Crippen LogP contribution in [0.25, 0.3) is 0 Å². The van der Waals surface area contributed by atoms with Crippen LogP contribution in [-0.4, -0.2) is 29.4 Å². The van der Waals surface area contributed by atoms with Gasteiger partial charge in [-0.2, -0.15) is 0 Å². The predicted octanol–water partition coefficient (Wildman–Crippen LogP) is -0.451. The highest BCUT2D eigenvalue weighted by Crippen LogP contribution is 1.98. The third-order valence-corrected chi connectivity index (χ3v) is 2.13. The van der Waals surface area contributed by atoms with E-state index in [2.05, 4.69) is 22.9 Å². The van der Waals surface area contributed by atoms with E-state index in [9.17, 15) is 9.59 Å². The molecule has 1 atom stereocenters.